The van der Waals surface area contributed by atoms with Crippen LogP contribution in [0.2, 0.25) is 0 Å². The first-order valence-corrected chi connectivity index (χ1v) is 8.49. The normalized spacial score (nSPS) is 12.0. The van der Waals surface area contributed by atoms with E-state index in [0.29, 0.717) is 11.7 Å². The second-order valence-corrected chi connectivity index (χ2v) is 6.41. The highest BCUT2D eigenvalue weighted by Crippen LogP contribution is 2.20. The lowest BCUT2D eigenvalue weighted by atomic mass is 10.2. The maximum Gasteiger partial charge on any atom is 0.233 e. The number of aryl methyl sites for hydroxylation is 1. The standard InChI is InChI=1S/C16H22N4O2S/c1-4-7-14-18-16(20-19-14)23-11(2)15(21)17-10-12-8-5-6-9-13(12)22-3/h5-6,8-9,11H,4,7,10H2,1-3H3,(H,17,21)(H,18,19,20). The molecule has 6 nitrogen and oxygen atoms in total. The molecule has 1 unspecified atom stereocenters. The molecule has 7 heteroatoms. The highest BCUT2D eigenvalue weighted by Gasteiger charge is 2.17. The molecule has 23 heavy (non-hydrogen) atoms. The van der Waals surface area contributed by atoms with E-state index in [-0.39, 0.29) is 11.2 Å². The fraction of sp³-hybridized carbons (Fsp3) is 0.438. The number of benzene rings is 1. The molecule has 1 aromatic heterocycles. The van der Waals surface area contributed by atoms with Crippen molar-refractivity contribution in [3.05, 3.63) is 35.7 Å². The third-order valence-electron chi connectivity index (χ3n) is 3.30. The summed E-state index contributed by atoms with van der Waals surface area (Å²) in [5, 5.41) is 10.3. The van der Waals surface area contributed by atoms with Gasteiger partial charge in [-0.15, -0.1) is 5.10 Å². The average molecular weight is 334 g/mol. The Labute approximate surface area is 140 Å². The maximum absolute atomic E-state index is 12.2. The summed E-state index contributed by atoms with van der Waals surface area (Å²) in [6.45, 7) is 4.37. The quantitative estimate of drug-likeness (QED) is 0.725. The fourth-order valence-corrected chi connectivity index (χ4v) is 2.83. The Morgan fingerprint density at radius 1 is 1.43 bits per heavy atom. The molecule has 0 spiro atoms. The summed E-state index contributed by atoms with van der Waals surface area (Å²) in [5.41, 5.74) is 0.948. The molecule has 0 aliphatic heterocycles. The average Bonchev–Trinajstić information content (AvgIpc) is 3.00. The van der Waals surface area contributed by atoms with Crippen molar-refractivity contribution in [2.75, 3.05) is 7.11 Å². The van der Waals surface area contributed by atoms with Crippen LogP contribution in [0, 0.1) is 0 Å². The van der Waals surface area contributed by atoms with Gasteiger partial charge in [0.15, 0.2) is 0 Å². The van der Waals surface area contributed by atoms with Crippen molar-refractivity contribution < 1.29 is 9.53 Å². The third kappa shape index (κ3) is 4.99. The number of carbonyl (C=O) groups excluding carboxylic acids is 1. The molecule has 2 N–H and O–H groups in total. The molecule has 1 heterocycles. The minimum absolute atomic E-state index is 0.0530. The molecule has 1 atom stereocenters. The van der Waals surface area contributed by atoms with Crippen LogP contribution in [0.1, 0.15) is 31.7 Å². The summed E-state index contributed by atoms with van der Waals surface area (Å²) in [7, 11) is 1.62. The molecule has 0 fully saturated rings. The van der Waals surface area contributed by atoms with Crippen molar-refractivity contribution in [2.45, 2.75) is 43.6 Å². The van der Waals surface area contributed by atoms with Crippen LogP contribution >= 0.6 is 11.8 Å². The molecule has 0 bridgehead atoms. The smallest absolute Gasteiger partial charge is 0.233 e. The van der Waals surface area contributed by atoms with Crippen molar-refractivity contribution in [1.29, 1.82) is 0 Å². The number of amides is 1. The van der Waals surface area contributed by atoms with Crippen molar-refractivity contribution >= 4 is 17.7 Å². The van der Waals surface area contributed by atoms with Crippen LogP contribution in [-0.2, 0) is 17.8 Å². The molecular weight excluding hydrogens is 312 g/mol. The first kappa shape index (κ1) is 17.3. The van der Waals surface area contributed by atoms with E-state index in [1.807, 2.05) is 31.2 Å². The number of aromatic amines is 1. The number of ether oxygens (including phenoxy) is 1. The molecule has 0 aliphatic rings. The summed E-state index contributed by atoms with van der Waals surface area (Å²) in [6, 6.07) is 7.64. The van der Waals surface area contributed by atoms with Gasteiger partial charge >= 0.3 is 0 Å². The van der Waals surface area contributed by atoms with Crippen LogP contribution in [0.25, 0.3) is 0 Å². The molecule has 0 aliphatic carbocycles. The Balaban J connectivity index is 1.87. The zero-order chi connectivity index (χ0) is 16.7. The Kier molecular flexibility index (Phi) is 6.46. The fourth-order valence-electron chi connectivity index (χ4n) is 2.07. The van der Waals surface area contributed by atoms with Gasteiger partial charge in [-0.1, -0.05) is 36.9 Å². The van der Waals surface area contributed by atoms with Gasteiger partial charge in [0.05, 0.1) is 12.4 Å². The molecule has 1 amide bonds. The molecular formula is C16H22N4O2S. The van der Waals surface area contributed by atoms with E-state index >= 15 is 0 Å². The number of para-hydroxylation sites is 1. The lowest BCUT2D eigenvalue weighted by molar-refractivity contribution is -0.120. The van der Waals surface area contributed by atoms with Gasteiger partial charge in [0, 0.05) is 18.5 Å². The lowest BCUT2D eigenvalue weighted by Crippen LogP contribution is -2.30. The van der Waals surface area contributed by atoms with E-state index < -0.39 is 0 Å². The van der Waals surface area contributed by atoms with E-state index in [1.165, 1.54) is 11.8 Å². The molecule has 2 rings (SSSR count). The van der Waals surface area contributed by atoms with Crippen molar-refractivity contribution in [2.24, 2.45) is 0 Å². The second kappa shape index (κ2) is 8.57. The number of H-pyrrole nitrogens is 1. The van der Waals surface area contributed by atoms with Gasteiger partial charge < -0.3 is 10.1 Å². The Morgan fingerprint density at radius 3 is 2.96 bits per heavy atom. The topological polar surface area (TPSA) is 79.9 Å². The predicted molar refractivity (Wildman–Crippen MR) is 90.5 cm³/mol. The number of nitrogens with one attached hydrogen (secondary N) is 2. The number of hydrogen-bond donors (Lipinski definition) is 2. The number of hydrogen-bond acceptors (Lipinski definition) is 5. The summed E-state index contributed by atoms with van der Waals surface area (Å²) < 4.78 is 5.28. The Morgan fingerprint density at radius 2 is 2.22 bits per heavy atom. The summed E-state index contributed by atoms with van der Waals surface area (Å²) in [4.78, 5) is 16.6. The third-order valence-corrected chi connectivity index (χ3v) is 4.26. The summed E-state index contributed by atoms with van der Waals surface area (Å²) in [6.07, 6.45) is 1.87. The Bertz CT molecular complexity index is 645. The zero-order valence-electron chi connectivity index (χ0n) is 13.6. The van der Waals surface area contributed by atoms with E-state index in [2.05, 4.69) is 27.4 Å². The lowest BCUT2D eigenvalue weighted by Gasteiger charge is -2.12. The second-order valence-electron chi connectivity index (χ2n) is 5.10. The number of rotatable bonds is 8. The van der Waals surface area contributed by atoms with E-state index in [9.17, 15) is 4.79 Å². The number of carbonyl (C=O) groups is 1. The predicted octanol–water partition coefficient (Wildman–Crippen LogP) is 2.56. The van der Waals surface area contributed by atoms with Crippen molar-refractivity contribution in [3.63, 3.8) is 0 Å². The minimum atomic E-state index is -0.269. The first-order chi connectivity index (χ1) is 11.1. The van der Waals surface area contributed by atoms with Gasteiger partial charge in [-0.25, -0.2) is 4.98 Å². The van der Waals surface area contributed by atoms with E-state index in [1.54, 1.807) is 7.11 Å². The highest BCUT2D eigenvalue weighted by molar-refractivity contribution is 8.00. The Hall–Kier alpha value is -2.02. The molecule has 0 saturated carbocycles. The molecule has 1 aromatic carbocycles. The van der Waals surface area contributed by atoms with Crippen molar-refractivity contribution in [3.8, 4) is 5.75 Å². The number of thioether (sulfide) groups is 1. The molecule has 0 saturated heterocycles. The molecule has 124 valence electrons. The van der Waals surface area contributed by atoms with Crippen LogP contribution in [0.5, 0.6) is 5.75 Å². The van der Waals surface area contributed by atoms with Gasteiger partial charge in [0.2, 0.25) is 11.1 Å². The van der Waals surface area contributed by atoms with E-state index in [4.69, 9.17) is 4.74 Å². The zero-order valence-corrected chi connectivity index (χ0v) is 14.4. The number of nitrogens with zero attached hydrogens (tertiary/aromatic N) is 2. The van der Waals surface area contributed by atoms with E-state index in [0.717, 1.165) is 30.0 Å². The highest BCUT2D eigenvalue weighted by atomic mass is 32.2. The van der Waals surface area contributed by atoms with Gasteiger partial charge in [-0.05, 0) is 19.4 Å². The van der Waals surface area contributed by atoms with Gasteiger partial charge in [0.25, 0.3) is 0 Å². The monoisotopic (exact) mass is 334 g/mol. The maximum atomic E-state index is 12.2. The minimum Gasteiger partial charge on any atom is -0.496 e. The molecule has 2 aromatic rings. The van der Waals surface area contributed by atoms with Crippen LogP contribution in [0.15, 0.2) is 29.4 Å². The first-order valence-electron chi connectivity index (χ1n) is 7.61. The van der Waals surface area contributed by atoms with Crippen LogP contribution in [0.3, 0.4) is 0 Å². The SMILES string of the molecule is CCCc1nc(SC(C)C(=O)NCc2ccccc2OC)n[nH]1. The summed E-state index contributed by atoms with van der Waals surface area (Å²) >= 11 is 1.35. The van der Waals surface area contributed by atoms with Crippen molar-refractivity contribution in [1.82, 2.24) is 20.5 Å². The largest absolute Gasteiger partial charge is 0.496 e. The van der Waals surface area contributed by atoms with Crippen LogP contribution in [0.4, 0.5) is 0 Å². The van der Waals surface area contributed by atoms with Gasteiger partial charge in [-0.3, -0.25) is 9.89 Å². The van der Waals surface area contributed by atoms with Crippen LogP contribution < -0.4 is 10.1 Å². The number of methoxy groups -OCH3 is 1. The summed E-state index contributed by atoms with van der Waals surface area (Å²) in [5.74, 6) is 1.57. The molecule has 0 radical (unpaired) electrons. The van der Waals surface area contributed by atoms with Gasteiger partial charge in [0.1, 0.15) is 11.6 Å². The number of aromatic nitrogens is 3. The van der Waals surface area contributed by atoms with Crippen LogP contribution in [-0.4, -0.2) is 33.4 Å². The van der Waals surface area contributed by atoms with Gasteiger partial charge in [-0.2, -0.15) is 0 Å².